The van der Waals surface area contributed by atoms with E-state index >= 15 is 0 Å². The van der Waals surface area contributed by atoms with Gasteiger partial charge >= 0.3 is 0 Å². The third kappa shape index (κ3) is 3.63. The predicted octanol–water partition coefficient (Wildman–Crippen LogP) is 6.25. The van der Waals surface area contributed by atoms with Gasteiger partial charge in [-0.3, -0.25) is 0 Å². The Hall–Kier alpha value is -2.04. The second-order valence-electron chi connectivity index (χ2n) is 8.29. The number of halogens is 1. The van der Waals surface area contributed by atoms with E-state index in [4.69, 9.17) is 23.8 Å². The zero-order valence-electron chi connectivity index (χ0n) is 16.5. The lowest BCUT2D eigenvalue weighted by atomic mass is 10.0. The largest absolute Gasteiger partial charge is 0.362 e. The molecule has 0 radical (unpaired) electrons. The molecule has 3 N–H and O–H groups in total. The first-order valence-corrected chi connectivity index (χ1v) is 10.5. The molecule has 2 atom stereocenters. The van der Waals surface area contributed by atoms with Crippen molar-refractivity contribution in [2.24, 2.45) is 11.3 Å². The maximum Gasteiger partial charge on any atom is 0.170 e. The highest BCUT2D eigenvalue weighted by molar-refractivity contribution is 7.80. The van der Waals surface area contributed by atoms with Crippen LogP contribution in [0.2, 0.25) is 5.02 Å². The third-order valence-electron chi connectivity index (χ3n) is 6.15. The smallest absolute Gasteiger partial charge is 0.170 e. The molecular formula is C23H26ClN3S. The van der Waals surface area contributed by atoms with Crippen LogP contribution in [0.4, 0.5) is 5.69 Å². The van der Waals surface area contributed by atoms with Gasteiger partial charge in [0.05, 0.1) is 0 Å². The molecule has 0 saturated heterocycles. The second-order valence-corrected chi connectivity index (χ2v) is 9.14. The Morgan fingerprint density at radius 3 is 2.61 bits per heavy atom. The number of aromatic nitrogens is 1. The predicted molar refractivity (Wildman–Crippen MR) is 123 cm³/mol. The molecule has 1 aliphatic carbocycles. The molecule has 146 valence electrons. The average Bonchev–Trinajstić information content (AvgIpc) is 3.02. The van der Waals surface area contributed by atoms with Gasteiger partial charge in [0.1, 0.15) is 0 Å². The highest BCUT2D eigenvalue weighted by Crippen LogP contribution is 2.67. The molecule has 1 fully saturated rings. The van der Waals surface area contributed by atoms with E-state index in [-0.39, 0.29) is 0 Å². The van der Waals surface area contributed by atoms with Crippen molar-refractivity contribution in [2.75, 3.05) is 11.9 Å². The molecular weight excluding hydrogens is 386 g/mol. The van der Waals surface area contributed by atoms with Crippen LogP contribution < -0.4 is 10.6 Å². The van der Waals surface area contributed by atoms with Crippen LogP contribution in [0.15, 0.2) is 48.5 Å². The topological polar surface area (TPSA) is 39.9 Å². The van der Waals surface area contributed by atoms with E-state index in [9.17, 15) is 0 Å². The van der Waals surface area contributed by atoms with Gasteiger partial charge in [-0.1, -0.05) is 43.6 Å². The number of hydrogen-bond donors (Lipinski definition) is 3. The van der Waals surface area contributed by atoms with Crippen molar-refractivity contribution in [3.63, 3.8) is 0 Å². The monoisotopic (exact) mass is 411 g/mol. The summed E-state index contributed by atoms with van der Waals surface area (Å²) in [7, 11) is 0. The fourth-order valence-corrected chi connectivity index (χ4v) is 4.95. The molecule has 1 aromatic heterocycles. The molecule has 1 heterocycles. The van der Waals surface area contributed by atoms with E-state index in [1.54, 1.807) is 0 Å². The summed E-state index contributed by atoms with van der Waals surface area (Å²) in [5.74, 6) is 1.24. The number of benzene rings is 2. The first-order valence-electron chi connectivity index (χ1n) is 9.75. The van der Waals surface area contributed by atoms with Gasteiger partial charge in [0.2, 0.25) is 0 Å². The third-order valence-corrected chi connectivity index (χ3v) is 6.65. The van der Waals surface area contributed by atoms with Crippen molar-refractivity contribution in [1.82, 2.24) is 10.3 Å². The lowest BCUT2D eigenvalue weighted by Gasteiger charge is -2.11. The molecule has 0 amide bonds. The van der Waals surface area contributed by atoms with Crippen molar-refractivity contribution >= 4 is 45.5 Å². The molecule has 1 saturated carbocycles. The van der Waals surface area contributed by atoms with Gasteiger partial charge < -0.3 is 15.6 Å². The summed E-state index contributed by atoms with van der Waals surface area (Å²) >= 11 is 11.4. The molecule has 0 unspecified atom stereocenters. The molecule has 3 aromatic rings. The first kappa shape index (κ1) is 19.3. The van der Waals surface area contributed by atoms with Gasteiger partial charge in [-0.15, -0.1) is 0 Å². The summed E-state index contributed by atoms with van der Waals surface area (Å²) in [6.45, 7) is 7.83. The summed E-state index contributed by atoms with van der Waals surface area (Å²) in [5, 5.41) is 9.31. The fraction of sp³-hybridized carbons (Fsp3) is 0.348. The number of aromatic amines is 1. The zero-order valence-corrected chi connectivity index (χ0v) is 18.0. The van der Waals surface area contributed by atoms with Crippen LogP contribution in [0, 0.1) is 18.3 Å². The molecule has 0 spiro atoms. The van der Waals surface area contributed by atoms with Gasteiger partial charge in [-0.25, -0.2) is 0 Å². The Labute approximate surface area is 176 Å². The van der Waals surface area contributed by atoms with Gasteiger partial charge in [0, 0.05) is 33.9 Å². The summed E-state index contributed by atoms with van der Waals surface area (Å²) in [6.07, 6.45) is 1.10. The molecule has 3 nitrogen and oxygen atoms in total. The minimum atomic E-state index is 0.308. The van der Waals surface area contributed by atoms with Crippen molar-refractivity contribution in [3.05, 3.63) is 64.8 Å². The lowest BCUT2D eigenvalue weighted by molar-refractivity contribution is 0.528. The number of para-hydroxylation sites is 1. The number of H-pyrrole nitrogens is 1. The summed E-state index contributed by atoms with van der Waals surface area (Å²) in [6, 6.07) is 16.2. The van der Waals surface area contributed by atoms with Crippen molar-refractivity contribution in [1.29, 1.82) is 0 Å². The normalized spacial score (nSPS) is 20.1. The van der Waals surface area contributed by atoms with Crippen molar-refractivity contribution in [2.45, 2.75) is 33.1 Å². The van der Waals surface area contributed by atoms with Gasteiger partial charge in [-0.2, -0.15) is 0 Å². The quantitative estimate of drug-likeness (QED) is 0.435. The van der Waals surface area contributed by atoms with E-state index in [1.807, 2.05) is 24.3 Å². The standard InChI is InChI=1S/C23H26ClN3S/c1-14-20(17-6-4-5-7-19(17)26-14)21-18(23(21,2)3)12-13-25-22(28)27-16-10-8-15(24)9-11-16/h4-11,18,21,26H,12-13H2,1-3H3,(H2,25,27,28)/t18-,21+/m0/s1. The molecule has 0 bridgehead atoms. The molecule has 0 aliphatic heterocycles. The van der Waals surface area contributed by atoms with Gasteiger partial charge in [-0.05, 0) is 78.7 Å². The summed E-state index contributed by atoms with van der Waals surface area (Å²) < 4.78 is 0. The van der Waals surface area contributed by atoms with Crippen LogP contribution >= 0.6 is 23.8 Å². The number of nitrogens with one attached hydrogen (secondary N) is 3. The van der Waals surface area contributed by atoms with Crippen LogP contribution in [-0.2, 0) is 0 Å². The maximum atomic E-state index is 5.93. The lowest BCUT2D eigenvalue weighted by Crippen LogP contribution is -2.29. The highest BCUT2D eigenvalue weighted by Gasteiger charge is 2.58. The first-order chi connectivity index (χ1) is 13.4. The van der Waals surface area contributed by atoms with Crippen LogP contribution in [-0.4, -0.2) is 16.6 Å². The molecule has 5 heteroatoms. The van der Waals surface area contributed by atoms with Crippen LogP contribution in [0.25, 0.3) is 10.9 Å². The van der Waals surface area contributed by atoms with E-state index in [0.29, 0.717) is 22.4 Å². The molecule has 1 aliphatic rings. The number of fused-ring (bicyclic) bond motifs is 1. The Kier molecular flexibility index (Phi) is 5.11. The summed E-state index contributed by atoms with van der Waals surface area (Å²) in [5.41, 5.74) is 5.29. The summed E-state index contributed by atoms with van der Waals surface area (Å²) in [4.78, 5) is 3.56. The minimum Gasteiger partial charge on any atom is -0.362 e. The van der Waals surface area contributed by atoms with E-state index in [2.05, 4.69) is 60.7 Å². The van der Waals surface area contributed by atoms with Crippen LogP contribution in [0.1, 0.15) is 37.4 Å². The number of hydrogen-bond acceptors (Lipinski definition) is 1. The van der Waals surface area contributed by atoms with Gasteiger partial charge in [0.25, 0.3) is 0 Å². The number of thiocarbonyl (C=S) groups is 1. The molecule has 4 rings (SSSR count). The van der Waals surface area contributed by atoms with E-state index in [1.165, 1.54) is 22.2 Å². The Bertz CT molecular complexity index is 1010. The number of rotatable bonds is 5. The Morgan fingerprint density at radius 2 is 1.86 bits per heavy atom. The molecule has 2 aromatic carbocycles. The maximum absolute atomic E-state index is 5.93. The van der Waals surface area contributed by atoms with E-state index < -0.39 is 0 Å². The van der Waals surface area contributed by atoms with Crippen LogP contribution in [0.5, 0.6) is 0 Å². The SMILES string of the molecule is Cc1[nH]c2ccccc2c1[C@H]1[C@H](CCNC(=S)Nc2ccc(Cl)cc2)C1(C)C. The van der Waals surface area contributed by atoms with Crippen molar-refractivity contribution < 1.29 is 0 Å². The minimum absolute atomic E-state index is 0.308. The number of anilines is 1. The average molecular weight is 412 g/mol. The Balaban J connectivity index is 1.37. The highest BCUT2D eigenvalue weighted by atomic mass is 35.5. The van der Waals surface area contributed by atoms with Crippen LogP contribution in [0.3, 0.4) is 0 Å². The fourth-order valence-electron chi connectivity index (χ4n) is 4.60. The molecule has 28 heavy (non-hydrogen) atoms. The number of aryl methyl sites for hydroxylation is 1. The van der Waals surface area contributed by atoms with E-state index in [0.717, 1.165) is 23.7 Å². The Morgan fingerprint density at radius 1 is 1.14 bits per heavy atom. The zero-order chi connectivity index (χ0) is 19.9. The van der Waals surface area contributed by atoms with Gasteiger partial charge in [0.15, 0.2) is 5.11 Å². The van der Waals surface area contributed by atoms with Crippen molar-refractivity contribution in [3.8, 4) is 0 Å². The second kappa shape index (κ2) is 7.41.